The Hall–Kier alpha value is -2.06. The molecule has 1 atom stereocenters. The van der Waals surface area contributed by atoms with Gasteiger partial charge < -0.3 is 29.2 Å². The zero-order valence-electron chi connectivity index (χ0n) is 13.8. The summed E-state index contributed by atoms with van der Waals surface area (Å²) in [5.74, 6) is 1.19. The van der Waals surface area contributed by atoms with E-state index in [0.29, 0.717) is 30.3 Å². The number of hydrogen-bond acceptors (Lipinski definition) is 6. The van der Waals surface area contributed by atoms with Gasteiger partial charge in [-0.3, -0.25) is 0 Å². The molecule has 0 amide bonds. The molecule has 130 valence electrons. The number of para-hydroxylation sites is 1. The topological polar surface area (TPSA) is 89.0 Å². The summed E-state index contributed by atoms with van der Waals surface area (Å²) in [6.07, 6.45) is 0.810. The maximum Gasteiger partial charge on any atom is 0.820 e. The van der Waals surface area contributed by atoms with Crippen LogP contribution in [0.5, 0.6) is 11.5 Å². The first-order chi connectivity index (χ1) is 11.7. The van der Waals surface area contributed by atoms with E-state index >= 15 is 0 Å². The summed E-state index contributed by atoms with van der Waals surface area (Å²) >= 11 is 0. The Morgan fingerprint density at radius 2 is 1.42 bits per heavy atom. The van der Waals surface area contributed by atoms with Crippen LogP contribution < -0.4 is 20.3 Å². The van der Waals surface area contributed by atoms with Crippen molar-refractivity contribution in [1.29, 1.82) is 0 Å². The van der Waals surface area contributed by atoms with Gasteiger partial charge in [-0.1, -0.05) is 25.1 Å². The Morgan fingerprint density at radius 3 is 2.00 bits per heavy atom. The highest BCUT2D eigenvalue weighted by atomic mass is 28.4. The first-order valence-corrected chi connectivity index (χ1v) is 9.57. The van der Waals surface area contributed by atoms with E-state index in [9.17, 15) is 0 Å². The second-order valence-electron chi connectivity index (χ2n) is 5.07. The Kier molecular flexibility index (Phi) is 7.07. The van der Waals surface area contributed by atoms with Crippen LogP contribution in [0.25, 0.3) is 0 Å². The van der Waals surface area contributed by atoms with Crippen LogP contribution in [0.4, 0.5) is 5.69 Å². The summed E-state index contributed by atoms with van der Waals surface area (Å²) < 4.78 is 23.8. The van der Waals surface area contributed by atoms with E-state index in [1.54, 1.807) is 24.3 Å². The minimum atomic E-state index is -3.46. The molecule has 0 heterocycles. The number of anilines is 1. The second-order valence-corrected chi connectivity index (χ2v) is 7.06. The maximum absolute atomic E-state index is 6.03. The van der Waals surface area contributed by atoms with Gasteiger partial charge in [0.05, 0.1) is 6.61 Å². The maximum atomic E-state index is 6.03. The molecule has 0 fully saturated rings. The van der Waals surface area contributed by atoms with E-state index in [2.05, 4.69) is 0 Å². The van der Waals surface area contributed by atoms with Crippen molar-refractivity contribution in [2.45, 2.75) is 13.3 Å². The quantitative estimate of drug-likeness (QED) is 0.507. The molecule has 24 heavy (non-hydrogen) atoms. The van der Waals surface area contributed by atoms with E-state index in [4.69, 9.17) is 29.2 Å². The summed E-state index contributed by atoms with van der Waals surface area (Å²) in [6.45, 7) is 3.08. The number of benzene rings is 2. The number of nitrogens with two attached hydrogens (primary N) is 2. The zero-order chi connectivity index (χ0) is 17.3. The molecular formula is C17H24N2O4Si. The summed E-state index contributed by atoms with van der Waals surface area (Å²) in [7, 11) is -3.46. The third-order valence-corrected chi connectivity index (χ3v) is 5.08. The van der Waals surface area contributed by atoms with Crippen molar-refractivity contribution >= 4 is 14.7 Å². The fourth-order valence-corrected chi connectivity index (χ4v) is 3.94. The van der Waals surface area contributed by atoms with Gasteiger partial charge in [-0.2, -0.15) is 0 Å². The van der Waals surface area contributed by atoms with Gasteiger partial charge in [-0.05, 0) is 42.8 Å². The molecule has 6 nitrogen and oxygen atoms in total. The van der Waals surface area contributed by atoms with Gasteiger partial charge in [0.2, 0.25) is 0 Å². The Balaban J connectivity index is 2.26. The molecule has 0 bridgehead atoms. The van der Waals surface area contributed by atoms with Crippen LogP contribution in [0.15, 0.2) is 54.6 Å². The van der Waals surface area contributed by atoms with Gasteiger partial charge in [0.15, 0.2) is 0 Å². The van der Waals surface area contributed by atoms with Crippen LogP contribution in [0.3, 0.4) is 0 Å². The lowest BCUT2D eigenvalue weighted by Gasteiger charge is -2.28. The van der Waals surface area contributed by atoms with Crippen LogP contribution in [-0.2, 0) is 8.85 Å². The summed E-state index contributed by atoms with van der Waals surface area (Å²) in [6, 6.07) is 16.3. The van der Waals surface area contributed by atoms with Crippen LogP contribution in [0.2, 0.25) is 0 Å². The molecule has 0 aliphatic rings. The fourth-order valence-electron chi connectivity index (χ4n) is 1.90. The molecule has 0 spiro atoms. The highest BCUT2D eigenvalue weighted by Gasteiger charge is 2.51. The van der Waals surface area contributed by atoms with E-state index in [1.807, 2.05) is 37.3 Å². The van der Waals surface area contributed by atoms with Crippen molar-refractivity contribution in [3.63, 3.8) is 0 Å². The number of rotatable bonds is 10. The van der Waals surface area contributed by atoms with Crippen molar-refractivity contribution in [2.75, 3.05) is 25.5 Å². The molecule has 2 rings (SSSR count). The summed E-state index contributed by atoms with van der Waals surface area (Å²) in [4.78, 5) is 0. The standard InChI is InChI=1S/C17H24N2O4Si/c1-2-13-20-24(21-14-12-18,22-16-6-4-3-5-7-16)23-17-10-8-15(19)9-11-17/h3-11H,2,12-14,18-19H2,1H3. The number of hydrogen-bond donors (Lipinski definition) is 2. The predicted octanol–water partition coefficient (Wildman–Crippen LogP) is 2.56. The van der Waals surface area contributed by atoms with Crippen molar-refractivity contribution < 1.29 is 17.7 Å². The van der Waals surface area contributed by atoms with Gasteiger partial charge in [0.1, 0.15) is 11.5 Å². The molecule has 7 heteroatoms. The van der Waals surface area contributed by atoms with Crippen molar-refractivity contribution in [3.8, 4) is 11.5 Å². The molecular weight excluding hydrogens is 324 g/mol. The first kappa shape index (κ1) is 18.3. The van der Waals surface area contributed by atoms with E-state index in [1.165, 1.54) is 0 Å². The molecule has 0 aliphatic carbocycles. The second kappa shape index (κ2) is 9.29. The Morgan fingerprint density at radius 1 is 0.833 bits per heavy atom. The van der Waals surface area contributed by atoms with Crippen molar-refractivity contribution in [3.05, 3.63) is 54.6 Å². The van der Waals surface area contributed by atoms with Crippen LogP contribution >= 0.6 is 0 Å². The largest absolute Gasteiger partial charge is 0.820 e. The van der Waals surface area contributed by atoms with E-state index in [-0.39, 0.29) is 6.61 Å². The fraction of sp³-hybridized carbons (Fsp3) is 0.294. The normalized spacial score (nSPS) is 13.2. The van der Waals surface area contributed by atoms with Crippen LogP contribution in [-0.4, -0.2) is 28.8 Å². The molecule has 0 saturated carbocycles. The Labute approximate surface area is 143 Å². The Bertz CT molecular complexity index is 587. The van der Waals surface area contributed by atoms with Gasteiger partial charge in [0, 0.05) is 18.8 Å². The minimum Gasteiger partial charge on any atom is -0.471 e. The molecule has 0 radical (unpaired) electrons. The predicted molar refractivity (Wildman–Crippen MR) is 95.6 cm³/mol. The zero-order valence-corrected chi connectivity index (χ0v) is 14.8. The average Bonchev–Trinajstić information content (AvgIpc) is 2.61. The summed E-state index contributed by atoms with van der Waals surface area (Å²) in [5.41, 5.74) is 12.0. The first-order valence-electron chi connectivity index (χ1n) is 7.94. The molecule has 0 aromatic heterocycles. The lowest BCUT2D eigenvalue weighted by Crippen LogP contribution is -2.55. The highest BCUT2D eigenvalue weighted by molar-refractivity contribution is 6.55. The van der Waals surface area contributed by atoms with E-state index < -0.39 is 9.05 Å². The van der Waals surface area contributed by atoms with Gasteiger partial charge in [0.25, 0.3) is 0 Å². The lowest BCUT2D eigenvalue weighted by molar-refractivity contribution is 0.0434. The smallest absolute Gasteiger partial charge is 0.471 e. The number of nitrogen functional groups attached to an aromatic ring is 1. The average molecular weight is 348 g/mol. The molecule has 1 unspecified atom stereocenters. The van der Waals surface area contributed by atoms with Gasteiger partial charge in [-0.25, -0.2) is 0 Å². The van der Waals surface area contributed by atoms with Gasteiger partial charge in [-0.15, -0.1) is 0 Å². The van der Waals surface area contributed by atoms with Crippen LogP contribution in [0.1, 0.15) is 13.3 Å². The lowest BCUT2D eigenvalue weighted by atomic mass is 10.3. The molecule has 0 aliphatic heterocycles. The summed E-state index contributed by atoms with van der Waals surface area (Å²) in [5, 5.41) is 0. The van der Waals surface area contributed by atoms with Gasteiger partial charge >= 0.3 is 9.05 Å². The molecule has 4 N–H and O–H groups in total. The molecule has 2 aromatic carbocycles. The van der Waals surface area contributed by atoms with E-state index in [0.717, 1.165) is 6.42 Å². The monoisotopic (exact) mass is 348 g/mol. The third-order valence-electron chi connectivity index (χ3n) is 2.99. The SMILES string of the molecule is CCCO[Si](OCCN)(Oc1ccccc1)Oc1ccc(N)cc1. The van der Waals surface area contributed by atoms with Crippen LogP contribution in [0, 0.1) is 0 Å². The van der Waals surface area contributed by atoms with Crippen molar-refractivity contribution in [1.82, 2.24) is 0 Å². The minimum absolute atomic E-state index is 0.276. The highest BCUT2D eigenvalue weighted by Crippen LogP contribution is 2.23. The van der Waals surface area contributed by atoms with Crippen molar-refractivity contribution in [2.24, 2.45) is 5.73 Å². The molecule has 2 aromatic rings. The molecule has 0 saturated heterocycles. The third kappa shape index (κ3) is 5.54.